The van der Waals surface area contributed by atoms with Crippen LogP contribution in [-0.4, -0.2) is 117 Å². The van der Waals surface area contributed by atoms with Crippen LogP contribution in [0.25, 0.3) is 0 Å². The van der Waals surface area contributed by atoms with Gasteiger partial charge in [-0.25, -0.2) is 4.79 Å². The molecule has 1 amide bonds. The highest BCUT2D eigenvalue weighted by Gasteiger charge is 2.71. The first-order valence-corrected chi connectivity index (χ1v) is 7.80. The molecule has 0 aliphatic carbocycles. The van der Waals surface area contributed by atoms with Crippen molar-refractivity contribution in [2.24, 2.45) is 0 Å². The van der Waals surface area contributed by atoms with Gasteiger partial charge in [0.1, 0.15) is 0 Å². The Morgan fingerprint density at radius 1 is 0.862 bits per heavy atom. The predicted molar refractivity (Wildman–Crippen MR) is 98.1 cm³/mol. The maximum Gasteiger partial charge on any atom is 0.427 e. The smallest absolute Gasteiger partial charge is 0.427 e. The van der Waals surface area contributed by atoms with Crippen LogP contribution < -0.4 is 0 Å². The van der Waals surface area contributed by atoms with E-state index in [-0.39, 0.29) is 4.90 Å². The Hall–Kier alpha value is -0.735. The molecule has 17 heteroatoms. The highest BCUT2D eigenvalue weighted by Crippen LogP contribution is 2.45. The van der Waals surface area contributed by atoms with E-state index in [0.717, 1.165) is 4.90 Å². The molecule has 1 aliphatic heterocycles. The van der Waals surface area contributed by atoms with Crippen molar-refractivity contribution >= 4 is 61.0 Å². The van der Waals surface area contributed by atoms with Crippen LogP contribution >= 0.6 is 0 Å². The summed E-state index contributed by atoms with van der Waals surface area (Å²) in [6.07, 6.45) is -14.8. The lowest BCUT2D eigenvalue weighted by atomic mass is 9.33. The van der Waals surface area contributed by atoms with E-state index >= 15 is 0 Å². The quantitative estimate of drug-likeness (QED) is 0.436. The third kappa shape index (κ3) is 4.21. The summed E-state index contributed by atoms with van der Waals surface area (Å²) in [5.41, 5.74) is -6.45. The molecule has 29 heavy (non-hydrogen) atoms. The van der Waals surface area contributed by atoms with Gasteiger partial charge in [-0.3, -0.25) is 0 Å². The van der Waals surface area contributed by atoms with Crippen molar-refractivity contribution in [1.29, 1.82) is 0 Å². The van der Waals surface area contributed by atoms with Crippen molar-refractivity contribution in [1.82, 2.24) is 9.80 Å². The number of piperazine rings is 1. The number of alkyl halides is 6. The van der Waals surface area contributed by atoms with Crippen LogP contribution in [0.15, 0.2) is 0 Å². The molecule has 0 atom stereocenters. The number of carbonyl (C=O) groups excluding carboxylic acids is 1. The van der Waals surface area contributed by atoms with Crippen LogP contribution in [0.1, 0.15) is 20.8 Å². The zero-order chi connectivity index (χ0) is 23.6. The van der Waals surface area contributed by atoms with Crippen molar-refractivity contribution in [2.45, 2.75) is 60.2 Å². The first-order chi connectivity index (χ1) is 12.3. The average molecular weight is 405 g/mol. The van der Waals surface area contributed by atoms with Crippen molar-refractivity contribution in [3.8, 4) is 0 Å². The van der Waals surface area contributed by atoms with Crippen LogP contribution in [0.2, 0.25) is 0 Å². The Morgan fingerprint density at radius 3 is 1.55 bits per heavy atom. The summed E-state index contributed by atoms with van der Waals surface area (Å²) < 4.78 is 81.2. The molecule has 0 aromatic carbocycles. The van der Waals surface area contributed by atoms with Crippen LogP contribution in [0.4, 0.5) is 31.1 Å². The molecule has 0 spiro atoms. The molecule has 1 rings (SSSR count). The first kappa shape index (κ1) is 26.3. The summed E-state index contributed by atoms with van der Waals surface area (Å²) in [6.45, 7) is 3.52. The van der Waals surface area contributed by atoms with E-state index in [1.54, 1.807) is 0 Å². The summed E-state index contributed by atoms with van der Waals surface area (Å²) in [5, 5.41) is -7.53. The molecule has 1 fully saturated rings. The van der Waals surface area contributed by atoms with E-state index in [0.29, 0.717) is 0 Å². The van der Waals surface area contributed by atoms with Gasteiger partial charge in [0.2, 0.25) is 0 Å². The highest BCUT2D eigenvalue weighted by molar-refractivity contribution is 6.56. The first-order valence-electron chi connectivity index (χ1n) is 7.80. The Kier molecular flexibility index (Phi) is 6.24. The summed E-state index contributed by atoms with van der Waals surface area (Å²) in [5.74, 6) is 0. The fraction of sp³-hybridized carbons (Fsp3) is 0.917. The molecule has 0 aromatic heterocycles. The minimum absolute atomic E-state index is 0.0473. The third-order valence-electron chi connectivity index (χ3n) is 4.27. The molecule has 0 saturated carbocycles. The molecule has 0 aromatic rings. The predicted octanol–water partition coefficient (Wildman–Crippen LogP) is -0.499. The SMILES string of the molecule is [B]C1([B])CN(C(=O)OC([B])(C(F)(F)F)C(F)(F)F)C([B])([B])C([B])([B])N1C(C)(C)C. The van der Waals surface area contributed by atoms with Crippen molar-refractivity contribution in [2.75, 3.05) is 6.54 Å². The topological polar surface area (TPSA) is 32.8 Å². The van der Waals surface area contributed by atoms with Crippen molar-refractivity contribution in [3.05, 3.63) is 0 Å². The number of hydrogen-bond donors (Lipinski definition) is 0. The van der Waals surface area contributed by atoms with Gasteiger partial charge in [0.15, 0.2) is 7.85 Å². The minimum Gasteiger partial charge on any atom is -0.434 e. The maximum atomic E-state index is 12.9. The fourth-order valence-corrected chi connectivity index (χ4v) is 3.06. The number of hydrogen-bond acceptors (Lipinski definition) is 3. The molecule has 0 bridgehead atoms. The fourth-order valence-electron chi connectivity index (χ4n) is 3.06. The summed E-state index contributed by atoms with van der Waals surface area (Å²) in [7, 11) is 39.4. The number of carbonyl (C=O) groups is 1. The molecule has 0 N–H and O–H groups in total. The minimum atomic E-state index is -6.25. The standard InChI is InChI=1S/C12H11B7F6N2O2/c1-6(2,3)27-7(13,14)4-26(9(16,17)10(27,18)19)5(28)29-8(15,11(20,21)22)12(23,24)25/h4H2,1-3H3. The number of amides is 1. The number of halogens is 6. The second kappa shape index (κ2) is 6.89. The van der Waals surface area contributed by atoms with Crippen molar-refractivity contribution in [3.63, 3.8) is 0 Å². The second-order valence-corrected chi connectivity index (χ2v) is 7.83. The second-order valence-electron chi connectivity index (χ2n) is 7.83. The Labute approximate surface area is 174 Å². The molecule has 1 aliphatic rings. The molecule has 1 heterocycles. The van der Waals surface area contributed by atoms with Gasteiger partial charge in [0.25, 0.3) is 5.50 Å². The lowest BCUT2D eigenvalue weighted by Gasteiger charge is -2.70. The Balaban J connectivity index is 3.47. The van der Waals surface area contributed by atoms with Crippen molar-refractivity contribution < 1.29 is 35.9 Å². The van der Waals surface area contributed by atoms with Crippen LogP contribution in [0.3, 0.4) is 0 Å². The zero-order valence-corrected chi connectivity index (χ0v) is 15.7. The van der Waals surface area contributed by atoms with Gasteiger partial charge in [-0.1, -0.05) is 0 Å². The van der Waals surface area contributed by atoms with E-state index < -0.39 is 52.0 Å². The highest BCUT2D eigenvalue weighted by atomic mass is 19.4. The van der Waals surface area contributed by atoms with Gasteiger partial charge in [-0.2, -0.15) is 26.3 Å². The van der Waals surface area contributed by atoms with Gasteiger partial charge in [0, 0.05) is 12.1 Å². The molecular weight excluding hydrogens is 394 g/mol. The van der Waals surface area contributed by atoms with E-state index in [4.69, 9.17) is 47.1 Å². The van der Waals surface area contributed by atoms with E-state index in [9.17, 15) is 31.1 Å². The monoisotopic (exact) mass is 406 g/mol. The van der Waals surface area contributed by atoms with Gasteiger partial charge >= 0.3 is 18.4 Å². The van der Waals surface area contributed by atoms with Gasteiger partial charge in [-0.15, -0.1) is 0 Å². The lowest BCUT2D eigenvalue weighted by Crippen LogP contribution is -2.87. The van der Waals surface area contributed by atoms with E-state index in [2.05, 4.69) is 12.6 Å². The lowest BCUT2D eigenvalue weighted by molar-refractivity contribution is -0.331. The Morgan fingerprint density at radius 2 is 1.24 bits per heavy atom. The van der Waals surface area contributed by atoms with Crippen LogP contribution in [0.5, 0.6) is 0 Å². The van der Waals surface area contributed by atoms with Gasteiger partial charge in [-0.05, 0) is 36.8 Å². The number of rotatable bonds is 1. The Bertz CT molecular complexity index is 649. The van der Waals surface area contributed by atoms with E-state index in [1.807, 2.05) is 0 Å². The van der Waals surface area contributed by atoms with Gasteiger partial charge in [0.05, 0.1) is 47.1 Å². The zero-order valence-electron chi connectivity index (χ0n) is 15.7. The van der Waals surface area contributed by atoms with E-state index in [1.165, 1.54) is 20.8 Å². The third-order valence-corrected chi connectivity index (χ3v) is 4.27. The molecular formula is C12H11B7F6N2O2. The number of ether oxygens (including phenoxy) is 1. The molecule has 1 saturated heterocycles. The molecule has 4 nitrogen and oxygen atoms in total. The maximum absolute atomic E-state index is 12.9. The summed E-state index contributed by atoms with van der Waals surface area (Å²) >= 11 is 0. The molecule has 14 radical (unpaired) electrons. The van der Waals surface area contributed by atoms with Crippen LogP contribution in [-0.2, 0) is 4.74 Å². The largest absolute Gasteiger partial charge is 0.434 e. The number of nitrogens with zero attached hydrogens (tertiary/aromatic N) is 2. The summed E-state index contributed by atoms with van der Waals surface area (Å²) in [4.78, 5) is 13.2. The van der Waals surface area contributed by atoms with Gasteiger partial charge < -0.3 is 14.5 Å². The molecule has 144 valence electrons. The summed E-state index contributed by atoms with van der Waals surface area (Å²) in [6, 6.07) is 0. The molecule has 0 unspecified atom stereocenters. The van der Waals surface area contributed by atoms with Crippen LogP contribution in [0, 0.1) is 0 Å². The normalized spacial score (nSPS) is 22.9. The average Bonchev–Trinajstić information content (AvgIpc) is 2.37.